The topological polar surface area (TPSA) is 185 Å². The van der Waals surface area contributed by atoms with Crippen molar-refractivity contribution in [2.45, 2.75) is 56.3 Å². The molecule has 5 N–H and O–H groups in total. The van der Waals surface area contributed by atoms with E-state index in [2.05, 4.69) is 36.2 Å². The number of alkyl halides is 3. The Kier molecular flexibility index (Phi) is 12.6. The molecule has 284 valence electrons. The van der Waals surface area contributed by atoms with Gasteiger partial charge in [0, 0.05) is 29.2 Å². The molecule has 13 nitrogen and oxygen atoms in total. The number of hydrogen-bond donors (Lipinski definition) is 5. The molecule has 4 aromatic rings. The van der Waals surface area contributed by atoms with Crippen LogP contribution in [0.25, 0.3) is 0 Å². The molecule has 1 heterocycles. The van der Waals surface area contributed by atoms with Gasteiger partial charge in [0.2, 0.25) is 17.7 Å². The summed E-state index contributed by atoms with van der Waals surface area (Å²) in [6, 6.07) is 16.5. The summed E-state index contributed by atoms with van der Waals surface area (Å²) in [5, 5.41) is 20.9. The lowest BCUT2D eigenvalue weighted by Gasteiger charge is -2.19. The summed E-state index contributed by atoms with van der Waals surface area (Å²) < 4.78 is 56.6. The van der Waals surface area contributed by atoms with Gasteiger partial charge in [0.25, 0.3) is 11.8 Å². The molecule has 1 aromatic heterocycles. The zero-order valence-corrected chi connectivity index (χ0v) is 29.1. The van der Waals surface area contributed by atoms with Crippen molar-refractivity contribution < 1.29 is 46.6 Å². The first-order valence-electron chi connectivity index (χ1n) is 16.6. The number of carbonyl (C=O) groups excluding carboxylic acids is 3. The van der Waals surface area contributed by atoms with E-state index >= 15 is 0 Å². The van der Waals surface area contributed by atoms with Gasteiger partial charge in [0.05, 0.1) is 5.54 Å². The van der Waals surface area contributed by atoms with Gasteiger partial charge in [-0.2, -0.15) is 28.1 Å². The number of nitrogens with zero attached hydrogens (tertiary/aromatic N) is 3. The second-order valence-corrected chi connectivity index (χ2v) is 12.8. The van der Waals surface area contributed by atoms with Crippen LogP contribution in [-0.4, -0.2) is 69.0 Å². The van der Waals surface area contributed by atoms with Crippen molar-refractivity contribution in [1.82, 2.24) is 25.6 Å². The Bertz CT molecular complexity index is 1960. The van der Waals surface area contributed by atoms with E-state index in [0.717, 1.165) is 11.1 Å². The third-order valence-corrected chi connectivity index (χ3v) is 8.49. The van der Waals surface area contributed by atoms with E-state index in [-0.39, 0.29) is 42.7 Å². The highest BCUT2D eigenvalue weighted by molar-refractivity contribution is 6.36. The molecular formula is C36H34ClF4N7O6. The Balaban J connectivity index is 1.15. The third-order valence-electron chi connectivity index (χ3n) is 8.24. The fourth-order valence-electron chi connectivity index (χ4n) is 5.25. The van der Waals surface area contributed by atoms with Crippen LogP contribution in [0.2, 0.25) is 5.02 Å². The third kappa shape index (κ3) is 11.6. The Labute approximate surface area is 310 Å². The summed E-state index contributed by atoms with van der Waals surface area (Å²) in [6.07, 6.45) is -2.71. The van der Waals surface area contributed by atoms with Crippen molar-refractivity contribution in [1.29, 1.82) is 0 Å². The molecule has 0 aliphatic heterocycles. The number of aliphatic carboxylic acids is 1. The molecule has 0 saturated heterocycles. The predicted molar refractivity (Wildman–Crippen MR) is 188 cm³/mol. The molecule has 1 saturated carbocycles. The lowest BCUT2D eigenvalue weighted by molar-refractivity contribution is -0.154. The minimum absolute atomic E-state index is 0.0461. The average molecular weight is 772 g/mol. The quantitative estimate of drug-likeness (QED) is 0.0615. The highest BCUT2D eigenvalue weighted by Crippen LogP contribution is 2.48. The number of ether oxygens (including phenoxy) is 1. The number of aromatic nitrogens is 3. The maximum atomic E-state index is 13.0. The van der Waals surface area contributed by atoms with Crippen LogP contribution in [0.3, 0.4) is 0 Å². The van der Waals surface area contributed by atoms with Crippen molar-refractivity contribution in [2.75, 3.05) is 23.8 Å². The van der Waals surface area contributed by atoms with Gasteiger partial charge in [-0.15, -0.1) is 0 Å². The SMILES string of the molecule is O=C(CCCc1ccc(F)cc1)C(=O)NCC[C@H](NC(=O)c1ccc(Nc2nc(NC3(c4ccc(Cl)cc4)CC3)nc(OCC(F)(F)F)n2)cc1)C(=O)O. The monoisotopic (exact) mass is 771 g/mol. The minimum atomic E-state index is -4.65. The van der Waals surface area contributed by atoms with Crippen molar-refractivity contribution in [3.8, 4) is 6.01 Å². The van der Waals surface area contributed by atoms with Gasteiger partial charge < -0.3 is 31.1 Å². The number of ketones is 1. The molecule has 1 atom stereocenters. The summed E-state index contributed by atoms with van der Waals surface area (Å²) in [5.74, 6) is -4.28. The molecule has 1 fully saturated rings. The molecule has 3 aromatic carbocycles. The lowest BCUT2D eigenvalue weighted by atomic mass is 10.1. The van der Waals surface area contributed by atoms with Crippen LogP contribution in [-0.2, 0) is 26.3 Å². The normalized spacial score (nSPS) is 13.6. The van der Waals surface area contributed by atoms with Crippen LogP contribution < -0.4 is 26.0 Å². The average Bonchev–Trinajstić information content (AvgIpc) is 3.91. The van der Waals surface area contributed by atoms with Crippen LogP contribution in [0.15, 0.2) is 72.8 Å². The van der Waals surface area contributed by atoms with Crippen molar-refractivity contribution in [2.24, 2.45) is 0 Å². The minimum Gasteiger partial charge on any atom is -0.480 e. The first kappa shape index (κ1) is 39.4. The molecule has 1 aliphatic carbocycles. The molecule has 5 rings (SSSR count). The molecule has 0 spiro atoms. The summed E-state index contributed by atoms with van der Waals surface area (Å²) in [7, 11) is 0. The number of carboxylic acid groups (broad SMARTS) is 1. The molecule has 54 heavy (non-hydrogen) atoms. The number of rotatable bonds is 18. The van der Waals surface area contributed by atoms with E-state index in [1.54, 1.807) is 24.3 Å². The highest BCUT2D eigenvalue weighted by Gasteiger charge is 2.45. The molecule has 0 bridgehead atoms. The first-order valence-corrected chi connectivity index (χ1v) is 17.0. The fraction of sp³-hybridized carbons (Fsp3) is 0.306. The first-order chi connectivity index (χ1) is 25.7. The number of anilines is 3. The zero-order chi connectivity index (χ0) is 38.9. The van der Waals surface area contributed by atoms with Crippen LogP contribution in [0.5, 0.6) is 6.01 Å². The molecule has 0 unspecified atom stereocenters. The molecular weight excluding hydrogens is 738 g/mol. The van der Waals surface area contributed by atoms with Gasteiger partial charge in [-0.25, -0.2) is 9.18 Å². The standard InChI is InChI=1S/C36H34ClF4N7O6/c37-24-10-8-23(9-11-24)35(17-18-35)48-33-45-32(46-34(47-33)54-20-36(39,40)41)43-26-14-6-22(7-15-26)29(50)44-27(31(52)53)16-19-42-30(51)28(49)3-1-2-21-4-12-25(38)13-5-21/h4-15,27H,1-3,16-20H2,(H,42,51)(H,44,50)(H,52,53)(H2,43,45,46,47,48)/t27-/m0/s1. The Morgan fingerprint density at radius 1 is 0.907 bits per heavy atom. The summed E-state index contributed by atoms with van der Waals surface area (Å²) in [5.41, 5.74) is 1.51. The van der Waals surface area contributed by atoms with Gasteiger partial charge in [0.15, 0.2) is 6.61 Å². The van der Waals surface area contributed by atoms with Gasteiger partial charge in [-0.3, -0.25) is 14.4 Å². The number of amides is 2. The second-order valence-electron chi connectivity index (χ2n) is 12.4. The van der Waals surface area contributed by atoms with E-state index in [1.165, 1.54) is 36.4 Å². The van der Waals surface area contributed by atoms with Crippen molar-refractivity contribution in [3.63, 3.8) is 0 Å². The van der Waals surface area contributed by atoms with Crippen LogP contribution in [0.1, 0.15) is 53.6 Å². The summed E-state index contributed by atoms with van der Waals surface area (Å²) in [4.78, 5) is 61.4. The number of hydrogen-bond acceptors (Lipinski definition) is 10. The van der Waals surface area contributed by atoms with Gasteiger partial charge >= 0.3 is 18.2 Å². The van der Waals surface area contributed by atoms with Crippen molar-refractivity contribution in [3.05, 3.63) is 100 Å². The largest absolute Gasteiger partial charge is 0.480 e. The fourth-order valence-corrected chi connectivity index (χ4v) is 5.38. The molecule has 2 amide bonds. The molecule has 1 aliphatic rings. The molecule has 0 radical (unpaired) electrons. The number of Topliss-reactive ketones (excluding diaryl/α,β-unsaturated/α-hetero) is 1. The number of aryl methyl sites for hydroxylation is 1. The van der Waals surface area contributed by atoms with Crippen molar-refractivity contribution >= 4 is 52.8 Å². The van der Waals surface area contributed by atoms with Gasteiger partial charge in [0.1, 0.15) is 11.9 Å². The van der Waals surface area contributed by atoms with E-state index in [0.29, 0.717) is 36.4 Å². The highest BCUT2D eigenvalue weighted by atomic mass is 35.5. The Morgan fingerprint density at radius 2 is 1.57 bits per heavy atom. The number of benzene rings is 3. The maximum absolute atomic E-state index is 13.0. The van der Waals surface area contributed by atoms with Crippen LogP contribution in [0, 0.1) is 5.82 Å². The van der Waals surface area contributed by atoms with E-state index in [9.17, 15) is 41.8 Å². The summed E-state index contributed by atoms with van der Waals surface area (Å²) >= 11 is 6.01. The smallest absolute Gasteiger partial charge is 0.422 e. The second kappa shape index (κ2) is 17.3. The Hall–Kier alpha value is -5.84. The van der Waals surface area contributed by atoms with E-state index in [4.69, 9.17) is 16.3 Å². The van der Waals surface area contributed by atoms with Crippen LogP contribution in [0.4, 0.5) is 35.1 Å². The number of carboxylic acids is 1. The lowest BCUT2D eigenvalue weighted by Crippen LogP contribution is -2.43. The Morgan fingerprint density at radius 3 is 2.20 bits per heavy atom. The summed E-state index contributed by atoms with van der Waals surface area (Å²) in [6.45, 7) is -1.84. The van der Waals surface area contributed by atoms with E-state index < -0.39 is 53.9 Å². The van der Waals surface area contributed by atoms with E-state index in [1.807, 2.05) is 12.1 Å². The number of nitrogens with one attached hydrogen (secondary N) is 4. The van der Waals surface area contributed by atoms with Gasteiger partial charge in [-0.1, -0.05) is 35.9 Å². The maximum Gasteiger partial charge on any atom is 0.422 e. The molecule has 18 heteroatoms. The number of carbonyl (C=O) groups is 4. The predicted octanol–water partition coefficient (Wildman–Crippen LogP) is 5.73. The zero-order valence-electron chi connectivity index (χ0n) is 28.4. The number of halogens is 5. The van der Waals surface area contributed by atoms with Gasteiger partial charge in [-0.05, 0) is 91.8 Å². The van der Waals surface area contributed by atoms with Crippen LogP contribution >= 0.6 is 11.6 Å².